The molecule has 0 amide bonds. The van der Waals surface area contributed by atoms with E-state index in [9.17, 15) is 0 Å². The van der Waals surface area contributed by atoms with Crippen LogP contribution in [0.4, 0.5) is 0 Å². The van der Waals surface area contributed by atoms with E-state index in [-0.39, 0.29) is 0 Å². The van der Waals surface area contributed by atoms with Gasteiger partial charge in [-0.15, -0.1) is 0 Å². The fourth-order valence-electron chi connectivity index (χ4n) is 3.42. The number of pyridine rings is 1. The van der Waals surface area contributed by atoms with Gasteiger partial charge in [-0.05, 0) is 36.6 Å². The quantitative estimate of drug-likeness (QED) is 0.687. The molecule has 0 aliphatic carbocycles. The van der Waals surface area contributed by atoms with E-state index >= 15 is 0 Å². The van der Waals surface area contributed by atoms with Crippen LogP contribution in [-0.2, 0) is 17.8 Å². The van der Waals surface area contributed by atoms with Crippen LogP contribution < -0.4 is 0 Å². The first-order valence-corrected chi connectivity index (χ1v) is 8.57. The van der Waals surface area contributed by atoms with Crippen molar-refractivity contribution in [3.63, 3.8) is 0 Å². The number of rotatable bonds is 6. The topological polar surface area (TPSA) is 38.5 Å². The summed E-state index contributed by atoms with van der Waals surface area (Å²) in [6.07, 6.45) is 6.22. The third-order valence-corrected chi connectivity index (χ3v) is 4.56. The molecule has 1 unspecified atom stereocenters. The summed E-state index contributed by atoms with van der Waals surface area (Å²) in [5.41, 5.74) is 2.33. The summed E-state index contributed by atoms with van der Waals surface area (Å²) >= 11 is 0. The van der Waals surface area contributed by atoms with Crippen LogP contribution in [0.2, 0.25) is 0 Å². The van der Waals surface area contributed by atoms with Crippen LogP contribution in [0.25, 0.3) is 10.9 Å². The van der Waals surface area contributed by atoms with Crippen molar-refractivity contribution in [2.24, 2.45) is 0 Å². The maximum Gasteiger partial charge on any atom is 0.117 e. The number of aromatic nitrogens is 1. The number of hydrogen-bond donors (Lipinski definition) is 0. The Morgan fingerprint density at radius 2 is 2.04 bits per heavy atom. The Morgan fingerprint density at radius 1 is 1.08 bits per heavy atom. The summed E-state index contributed by atoms with van der Waals surface area (Å²) in [6.45, 7) is 3.43. The minimum absolute atomic E-state index is 0.322. The van der Waals surface area contributed by atoms with E-state index in [1.54, 1.807) is 6.26 Å². The Balaban J connectivity index is 1.57. The van der Waals surface area contributed by atoms with Gasteiger partial charge >= 0.3 is 0 Å². The molecular formula is C20H22N2O2. The highest BCUT2D eigenvalue weighted by Crippen LogP contribution is 2.21. The van der Waals surface area contributed by atoms with Crippen molar-refractivity contribution in [3.05, 3.63) is 66.2 Å². The molecule has 4 nitrogen and oxygen atoms in total. The number of fused-ring (bicyclic) bond motifs is 1. The standard InChI is InChI=1S/C20H22N2O2/c1-5-16-7-2-10-21-20(16)17(6-1)13-22(14-18-8-3-11-23-18)15-19-9-4-12-24-19/h1-3,5-8,10-11,19H,4,9,12-15H2. The summed E-state index contributed by atoms with van der Waals surface area (Å²) in [5, 5.41) is 1.19. The molecule has 3 aromatic rings. The highest BCUT2D eigenvalue weighted by molar-refractivity contribution is 5.81. The molecule has 2 aromatic heterocycles. The highest BCUT2D eigenvalue weighted by Gasteiger charge is 2.20. The Morgan fingerprint density at radius 3 is 2.88 bits per heavy atom. The molecule has 0 radical (unpaired) electrons. The van der Waals surface area contributed by atoms with E-state index in [1.165, 1.54) is 10.9 Å². The van der Waals surface area contributed by atoms with Crippen LogP contribution in [0, 0.1) is 0 Å². The number of hydrogen-bond acceptors (Lipinski definition) is 4. The average Bonchev–Trinajstić information content (AvgIpc) is 3.29. The maximum atomic E-state index is 5.84. The van der Waals surface area contributed by atoms with Crippen LogP contribution in [-0.4, -0.2) is 29.1 Å². The molecule has 1 aliphatic heterocycles. The van der Waals surface area contributed by atoms with Crippen molar-refractivity contribution in [2.45, 2.75) is 32.0 Å². The largest absolute Gasteiger partial charge is 0.468 e. The van der Waals surface area contributed by atoms with Gasteiger partial charge < -0.3 is 9.15 Å². The van der Waals surface area contributed by atoms with E-state index in [2.05, 4.69) is 34.1 Å². The molecule has 124 valence electrons. The third kappa shape index (κ3) is 3.50. The summed E-state index contributed by atoms with van der Waals surface area (Å²) in [7, 11) is 0. The van der Waals surface area contributed by atoms with Gasteiger partial charge in [-0.3, -0.25) is 9.88 Å². The van der Waals surface area contributed by atoms with E-state index < -0.39 is 0 Å². The Bertz CT molecular complexity index is 774. The number of ether oxygens (including phenoxy) is 1. The van der Waals surface area contributed by atoms with Crippen LogP contribution in [0.5, 0.6) is 0 Å². The van der Waals surface area contributed by atoms with Gasteiger partial charge in [0.25, 0.3) is 0 Å². The van der Waals surface area contributed by atoms with E-state index in [1.807, 2.05) is 24.4 Å². The normalized spacial score (nSPS) is 17.8. The molecule has 1 aromatic carbocycles. The fourth-order valence-corrected chi connectivity index (χ4v) is 3.42. The summed E-state index contributed by atoms with van der Waals surface area (Å²) < 4.78 is 11.4. The first kappa shape index (κ1) is 15.4. The Kier molecular flexibility index (Phi) is 4.58. The maximum absolute atomic E-state index is 5.84. The van der Waals surface area contributed by atoms with Crippen molar-refractivity contribution in [2.75, 3.05) is 13.2 Å². The zero-order chi connectivity index (χ0) is 16.2. The molecule has 1 atom stereocenters. The van der Waals surface area contributed by atoms with Crippen molar-refractivity contribution >= 4 is 10.9 Å². The van der Waals surface area contributed by atoms with Crippen LogP contribution in [0.3, 0.4) is 0 Å². The van der Waals surface area contributed by atoms with Gasteiger partial charge in [-0.2, -0.15) is 0 Å². The minimum Gasteiger partial charge on any atom is -0.468 e. The fraction of sp³-hybridized carbons (Fsp3) is 0.350. The van der Waals surface area contributed by atoms with Crippen molar-refractivity contribution in [1.82, 2.24) is 9.88 Å². The van der Waals surface area contributed by atoms with Gasteiger partial charge in [0.2, 0.25) is 0 Å². The molecule has 24 heavy (non-hydrogen) atoms. The van der Waals surface area contributed by atoms with Crippen LogP contribution in [0.1, 0.15) is 24.2 Å². The lowest BCUT2D eigenvalue weighted by Crippen LogP contribution is -2.31. The second-order valence-corrected chi connectivity index (χ2v) is 6.38. The van der Waals surface area contributed by atoms with E-state index in [0.717, 1.165) is 50.4 Å². The van der Waals surface area contributed by atoms with Gasteiger partial charge in [-0.25, -0.2) is 0 Å². The van der Waals surface area contributed by atoms with Crippen molar-refractivity contribution < 1.29 is 9.15 Å². The number of para-hydroxylation sites is 1. The van der Waals surface area contributed by atoms with Gasteiger partial charge in [0.05, 0.1) is 24.4 Å². The summed E-state index contributed by atoms with van der Waals surface area (Å²) in [6, 6.07) is 14.5. The predicted octanol–water partition coefficient (Wildman–Crippen LogP) is 4.01. The summed E-state index contributed by atoms with van der Waals surface area (Å²) in [5.74, 6) is 0.987. The molecule has 0 spiro atoms. The molecule has 1 saturated heterocycles. The van der Waals surface area contributed by atoms with Gasteiger partial charge in [0.1, 0.15) is 5.76 Å². The Labute approximate surface area is 142 Å². The van der Waals surface area contributed by atoms with Gasteiger partial charge in [-0.1, -0.05) is 24.3 Å². The minimum atomic E-state index is 0.322. The molecule has 1 aliphatic rings. The van der Waals surface area contributed by atoms with Crippen molar-refractivity contribution in [3.8, 4) is 0 Å². The second-order valence-electron chi connectivity index (χ2n) is 6.38. The zero-order valence-corrected chi connectivity index (χ0v) is 13.7. The van der Waals surface area contributed by atoms with E-state index in [0.29, 0.717) is 6.10 Å². The third-order valence-electron chi connectivity index (χ3n) is 4.56. The molecule has 4 heteroatoms. The first-order chi connectivity index (χ1) is 11.9. The highest BCUT2D eigenvalue weighted by atomic mass is 16.5. The monoisotopic (exact) mass is 322 g/mol. The average molecular weight is 322 g/mol. The van der Waals surface area contributed by atoms with Crippen molar-refractivity contribution in [1.29, 1.82) is 0 Å². The number of benzene rings is 1. The smallest absolute Gasteiger partial charge is 0.117 e. The molecule has 3 heterocycles. The van der Waals surface area contributed by atoms with E-state index in [4.69, 9.17) is 9.15 Å². The zero-order valence-electron chi connectivity index (χ0n) is 13.7. The lowest BCUT2D eigenvalue weighted by Gasteiger charge is -2.24. The molecular weight excluding hydrogens is 300 g/mol. The Hall–Kier alpha value is -2.17. The molecule has 1 fully saturated rings. The lowest BCUT2D eigenvalue weighted by molar-refractivity contribution is 0.0656. The van der Waals surface area contributed by atoms with Gasteiger partial charge in [0, 0.05) is 31.3 Å². The summed E-state index contributed by atoms with van der Waals surface area (Å²) in [4.78, 5) is 6.98. The number of furan rings is 1. The van der Waals surface area contributed by atoms with Crippen LogP contribution in [0.15, 0.2) is 59.3 Å². The van der Waals surface area contributed by atoms with Crippen LogP contribution >= 0.6 is 0 Å². The SMILES string of the molecule is c1coc(CN(Cc2cccc3cccnc23)CC2CCCO2)c1. The molecule has 0 N–H and O–H groups in total. The molecule has 0 saturated carbocycles. The lowest BCUT2D eigenvalue weighted by atomic mass is 10.1. The predicted molar refractivity (Wildman–Crippen MR) is 93.5 cm³/mol. The second kappa shape index (κ2) is 7.16. The molecule has 0 bridgehead atoms. The van der Waals surface area contributed by atoms with Gasteiger partial charge in [0.15, 0.2) is 0 Å². The first-order valence-electron chi connectivity index (χ1n) is 8.57. The molecule has 4 rings (SSSR count). The number of nitrogens with zero attached hydrogens (tertiary/aromatic N) is 2.